The molecule has 0 aliphatic carbocycles. The molecule has 0 saturated carbocycles. The zero-order chi connectivity index (χ0) is 16.1. The molecule has 0 spiro atoms. The van der Waals surface area contributed by atoms with Gasteiger partial charge in [0.05, 0.1) is 11.3 Å². The van der Waals surface area contributed by atoms with Crippen molar-refractivity contribution in [1.82, 2.24) is 0 Å². The molecule has 0 atom stereocenters. The molecule has 1 amide bonds. The maximum absolute atomic E-state index is 12.2. The SMILES string of the molecule is CCSc1ccc(C(=O)Nc2ccc(Br)cc2C(=O)O)cc1. The molecular weight excluding hydrogens is 366 g/mol. The lowest BCUT2D eigenvalue weighted by atomic mass is 10.1. The number of thioether (sulfide) groups is 1. The Morgan fingerprint density at radius 1 is 1.18 bits per heavy atom. The molecule has 22 heavy (non-hydrogen) atoms. The van der Waals surface area contributed by atoms with Crippen molar-refractivity contribution < 1.29 is 14.7 Å². The molecule has 0 fully saturated rings. The molecule has 6 heteroatoms. The number of carbonyl (C=O) groups is 2. The van der Waals surface area contributed by atoms with E-state index in [1.54, 1.807) is 36.0 Å². The Morgan fingerprint density at radius 3 is 2.45 bits per heavy atom. The van der Waals surface area contributed by atoms with Crippen molar-refractivity contribution in [2.24, 2.45) is 0 Å². The van der Waals surface area contributed by atoms with Gasteiger partial charge in [-0.3, -0.25) is 4.79 Å². The molecule has 0 aliphatic rings. The van der Waals surface area contributed by atoms with Gasteiger partial charge in [-0.1, -0.05) is 22.9 Å². The van der Waals surface area contributed by atoms with Crippen molar-refractivity contribution >= 4 is 45.3 Å². The third kappa shape index (κ3) is 4.11. The minimum Gasteiger partial charge on any atom is -0.478 e. The van der Waals surface area contributed by atoms with E-state index in [1.807, 2.05) is 12.1 Å². The largest absolute Gasteiger partial charge is 0.478 e. The Labute approximate surface area is 141 Å². The molecule has 114 valence electrons. The molecule has 0 heterocycles. The fourth-order valence-corrected chi connectivity index (χ4v) is 2.89. The van der Waals surface area contributed by atoms with Crippen molar-refractivity contribution in [1.29, 1.82) is 0 Å². The number of amides is 1. The van der Waals surface area contributed by atoms with Gasteiger partial charge in [0.1, 0.15) is 0 Å². The summed E-state index contributed by atoms with van der Waals surface area (Å²) in [4.78, 5) is 24.5. The average Bonchev–Trinajstić information content (AvgIpc) is 2.50. The summed E-state index contributed by atoms with van der Waals surface area (Å²) < 4.78 is 0.642. The van der Waals surface area contributed by atoms with Gasteiger partial charge in [0, 0.05) is 14.9 Å². The normalized spacial score (nSPS) is 10.3. The highest BCUT2D eigenvalue weighted by molar-refractivity contribution is 9.10. The predicted molar refractivity (Wildman–Crippen MR) is 91.9 cm³/mol. The van der Waals surface area contributed by atoms with E-state index >= 15 is 0 Å². The number of carboxylic acid groups (broad SMARTS) is 1. The van der Waals surface area contributed by atoms with E-state index in [0.29, 0.717) is 10.0 Å². The van der Waals surface area contributed by atoms with Crippen LogP contribution in [-0.2, 0) is 0 Å². The number of carboxylic acids is 1. The number of halogens is 1. The third-order valence-electron chi connectivity index (χ3n) is 2.89. The summed E-state index contributed by atoms with van der Waals surface area (Å²) in [6.07, 6.45) is 0. The topological polar surface area (TPSA) is 66.4 Å². The molecule has 0 unspecified atom stereocenters. The van der Waals surface area contributed by atoms with Gasteiger partial charge < -0.3 is 10.4 Å². The van der Waals surface area contributed by atoms with Crippen LogP contribution in [0.3, 0.4) is 0 Å². The first-order valence-corrected chi connectivity index (χ1v) is 8.36. The minimum absolute atomic E-state index is 0.0425. The fraction of sp³-hybridized carbons (Fsp3) is 0.125. The second-order valence-electron chi connectivity index (χ2n) is 4.41. The highest BCUT2D eigenvalue weighted by atomic mass is 79.9. The zero-order valence-corrected chi connectivity index (χ0v) is 14.2. The van der Waals surface area contributed by atoms with Crippen molar-refractivity contribution in [3.05, 3.63) is 58.1 Å². The van der Waals surface area contributed by atoms with Crippen LogP contribution in [0, 0.1) is 0 Å². The van der Waals surface area contributed by atoms with Crippen molar-refractivity contribution in [2.75, 3.05) is 11.1 Å². The van der Waals surface area contributed by atoms with Gasteiger partial charge in [0.2, 0.25) is 0 Å². The number of aromatic carboxylic acids is 1. The van der Waals surface area contributed by atoms with Gasteiger partial charge in [-0.25, -0.2) is 4.79 Å². The molecule has 2 aromatic rings. The van der Waals surface area contributed by atoms with Crippen LogP contribution < -0.4 is 5.32 Å². The number of anilines is 1. The van der Waals surface area contributed by atoms with E-state index in [2.05, 4.69) is 28.2 Å². The van der Waals surface area contributed by atoms with Crippen LogP contribution in [0.4, 0.5) is 5.69 Å². The maximum atomic E-state index is 12.2. The molecule has 4 nitrogen and oxygen atoms in total. The van der Waals surface area contributed by atoms with Crippen molar-refractivity contribution in [3.63, 3.8) is 0 Å². The smallest absolute Gasteiger partial charge is 0.337 e. The van der Waals surface area contributed by atoms with E-state index < -0.39 is 5.97 Å². The van der Waals surface area contributed by atoms with Gasteiger partial charge >= 0.3 is 5.97 Å². The van der Waals surface area contributed by atoms with Crippen LogP contribution in [0.1, 0.15) is 27.6 Å². The third-order valence-corrected chi connectivity index (χ3v) is 4.28. The Hall–Kier alpha value is -1.79. The number of hydrogen-bond donors (Lipinski definition) is 2. The Morgan fingerprint density at radius 2 is 1.86 bits per heavy atom. The van der Waals surface area contributed by atoms with Crippen molar-refractivity contribution in [3.8, 4) is 0 Å². The molecule has 2 N–H and O–H groups in total. The predicted octanol–water partition coefficient (Wildman–Crippen LogP) is 4.51. The average molecular weight is 380 g/mol. The van der Waals surface area contributed by atoms with E-state index in [0.717, 1.165) is 10.6 Å². The Balaban J connectivity index is 2.20. The van der Waals surface area contributed by atoms with E-state index in [4.69, 9.17) is 0 Å². The lowest BCUT2D eigenvalue weighted by Crippen LogP contribution is -2.14. The van der Waals surface area contributed by atoms with Crippen LogP contribution in [0.25, 0.3) is 0 Å². The summed E-state index contributed by atoms with van der Waals surface area (Å²) >= 11 is 4.91. The molecule has 0 saturated heterocycles. The summed E-state index contributed by atoms with van der Waals surface area (Å²) in [7, 11) is 0. The Kier molecular flexibility index (Phi) is 5.63. The standard InChI is InChI=1S/C16H14BrNO3S/c1-2-22-12-6-3-10(4-7-12)15(19)18-14-8-5-11(17)9-13(14)16(20)21/h3-9H,2H2,1H3,(H,18,19)(H,20,21). The van der Waals surface area contributed by atoms with Crippen LogP contribution >= 0.6 is 27.7 Å². The molecule has 0 aliphatic heterocycles. The van der Waals surface area contributed by atoms with E-state index in [-0.39, 0.29) is 17.2 Å². The molecule has 0 radical (unpaired) electrons. The minimum atomic E-state index is -1.09. The zero-order valence-electron chi connectivity index (χ0n) is 11.8. The van der Waals surface area contributed by atoms with Gasteiger partial charge in [-0.15, -0.1) is 11.8 Å². The van der Waals surface area contributed by atoms with Gasteiger partial charge in [0.25, 0.3) is 5.91 Å². The number of nitrogens with one attached hydrogen (secondary N) is 1. The first kappa shape index (κ1) is 16.6. The molecule has 2 rings (SSSR count). The Bertz CT molecular complexity index is 701. The number of hydrogen-bond acceptors (Lipinski definition) is 3. The van der Waals surface area contributed by atoms with Crippen LogP contribution in [0.2, 0.25) is 0 Å². The monoisotopic (exact) mass is 379 g/mol. The summed E-state index contributed by atoms with van der Waals surface area (Å²) in [6, 6.07) is 11.9. The summed E-state index contributed by atoms with van der Waals surface area (Å²) in [5.41, 5.74) is 0.799. The molecule has 2 aromatic carbocycles. The molecule has 0 bridgehead atoms. The lowest BCUT2D eigenvalue weighted by Gasteiger charge is -2.09. The number of rotatable bonds is 5. The number of carbonyl (C=O) groups excluding carboxylic acids is 1. The second kappa shape index (κ2) is 7.47. The van der Waals surface area contributed by atoms with Gasteiger partial charge in [-0.05, 0) is 48.2 Å². The van der Waals surface area contributed by atoms with Gasteiger partial charge in [-0.2, -0.15) is 0 Å². The van der Waals surface area contributed by atoms with Crippen LogP contribution in [0.5, 0.6) is 0 Å². The summed E-state index contributed by atoms with van der Waals surface area (Å²) in [5.74, 6) is -0.462. The highest BCUT2D eigenvalue weighted by Gasteiger charge is 2.14. The molecule has 0 aromatic heterocycles. The first-order chi connectivity index (χ1) is 10.5. The maximum Gasteiger partial charge on any atom is 0.337 e. The van der Waals surface area contributed by atoms with Crippen LogP contribution in [-0.4, -0.2) is 22.7 Å². The van der Waals surface area contributed by atoms with E-state index in [9.17, 15) is 14.7 Å². The van der Waals surface area contributed by atoms with Gasteiger partial charge in [0.15, 0.2) is 0 Å². The summed E-state index contributed by atoms with van der Waals surface area (Å²) in [6.45, 7) is 2.06. The van der Waals surface area contributed by atoms with Crippen molar-refractivity contribution in [2.45, 2.75) is 11.8 Å². The fourth-order valence-electron chi connectivity index (χ4n) is 1.87. The van der Waals surface area contributed by atoms with Crippen LogP contribution in [0.15, 0.2) is 51.8 Å². The quantitative estimate of drug-likeness (QED) is 0.749. The first-order valence-electron chi connectivity index (χ1n) is 6.58. The highest BCUT2D eigenvalue weighted by Crippen LogP contribution is 2.22. The van der Waals surface area contributed by atoms with E-state index in [1.165, 1.54) is 6.07 Å². The molecular formula is C16H14BrNO3S. The second-order valence-corrected chi connectivity index (χ2v) is 6.66. The number of benzene rings is 2. The lowest BCUT2D eigenvalue weighted by molar-refractivity contribution is 0.0698. The summed E-state index contributed by atoms with van der Waals surface area (Å²) in [5, 5.41) is 11.8.